The highest BCUT2D eigenvalue weighted by Crippen LogP contribution is 2.34. The van der Waals surface area contributed by atoms with Gasteiger partial charge in [0.15, 0.2) is 0 Å². The Hall–Kier alpha value is -2.28. The van der Waals surface area contributed by atoms with E-state index in [1.165, 1.54) is 12.1 Å². The van der Waals surface area contributed by atoms with Gasteiger partial charge in [0.2, 0.25) is 0 Å². The fourth-order valence-corrected chi connectivity index (χ4v) is 2.58. The van der Waals surface area contributed by atoms with Crippen LogP contribution < -0.4 is 0 Å². The monoisotopic (exact) mass is 307 g/mol. The van der Waals surface area contributed by atoms with Crippen LogP contribution in [0.25, 0.3) is 0 Å². The number of hydroxylamine groups is 2. The molecule has 0 saturated carbocycles. The van der Waals surface area contributed by atoms with Crippen LogP contribution in [0.15, 0.2) is 24.3 Å². The van der Waals surface area contributed by atoms with E-state index >= 15 is 0 Å². The smallest absolute Gasteiger partial charge is 0.342 e. The predicted molar refractivity (Wildman–Crippen MR) is 71.5 cm³/mol. The number of halogens is 1. The van der Waals surface area contributed by atoms with E-state index in [2.05, 4.69) is 0 Å². The number of imide groups is 1. The van der Waals surface area contributed by atoms with Crippen molar-refractivity contribution in [3.05, 3.63) is 35.4 Å². The lowest BCUT2D eigenvalue weighted by atomic mass is 9.82. The number of alkyl halides is 1. The van der Waals surface area contributed by atoms with Crippen LogP contribution in [-0.2, 0) is 14.4 Å². The van der Waals surface area contributed by atoms with Gasteiger partial charge in [0.25, 0.3) is 11.8 Å². The molecule has 2 aliphatic rings. The minimum absolute atomic E-state index is 0.158. The van der Waals surface area contributed by atoms with Gasteiger partial charge < -0.3 is 9.57 Å². The van der Waals surface area contributed by atoms with Crippen LogP contribution in [0.2, 0.25) is 0 Å². The average molecular weight is 307 g/mol. The summed E-state index contributed by atoms with van der Waals surface area (Å²) in [5, 5.41) is 0.417. The Morgan fingerprint density at radius 3 is 2.23 bits per heavy atom. The van der Waals surface area contributed by atoms with Crippen molar-refractivity contribution >= 4 is 17.8 Å². The number of ether oxygens (including phenoxy) is 1. The first kappa shape index (κ1) is 14.6. The average Bonchev–Trinajstić information content (AvgIpc) is 2.81. The highest BCUT2D eigenvalue weighted by Gasteiger charge is 2.46. The molecule has 0 unspecified atom stereocenters. The Labute approximate surface area is 125 Å². The van der Waals surface area contributed by atoms with Crippen molar-refractivity contribution in [3.8, 4) is 0 Å². The summed E-state index contributed by atoms with van der Waals surface area (Å²) < 4.78 is 18.5. The van der Waals surface area contributed by atoms with Crippen molar-refractivity contribution in [1.29, 1.82) is 0 Å². The normalized spacial score (nSPS) is 20.0. The minimum atomic E-state index is -1.35. The van der Waals surface area contributed by atoms with E-state index in [0.717, 1.165) is 0 Å². The van der Waals surface area contributed by atoms with Crippen LogP contribution in [0, 0.1) is 5.41 Å². The standard InChI is InChI=1S/C15H14FNO5/c16-9-15(5-7-21-8-6-15)14(20)22-17-12(18)10-3-1-2-4-11(10)13(17)19/h1-4H,5-9H2. The molecule has 1 aromatic rings. The maximum absolute atomic E-state index is 13.4. The zero-order valence-corrected chi connectivity index (χ0v) is 11.7. The zero-order chi connectivity index (χ0) is 15.7. The third-order valence-electron chi connectivity index (χ3n) is 4.07. The molecule has 0 aliphatic carbocycles. The lowest BCUT2D eigenvalue weighted by molar-refractivity contribution is -0.188. The lowest BCUT2D eigenvalue weighted by Gasteiger charge is -2.32. The van der Waals surface area contributed by atoms with Gasteiger partial charge in [-0.05, 0) is 25.0 Å². The maximum Gasteiger partial charge on any atom is 0.342 e. The number of fused-ring (bicyclic) bond motifs is 1. The van der Waals surface area contributed by atoms with Crippen LogP contribution in [0.1, 0.15) is 33.6 Å². The molecule has 2 aliphatic heterocycles. The van der Waals surface area contributed by atoms with Crippen molar-refractivity contribution in [2.45, 2.75) is 12.8 Å². The quantitative estimate of drug-likeness (QED) is 0.791. The Bertz CT molecular complexity index is 604. The Morgan fingerprint density at radius 2 is 1.73 bits per heavy atom. The van der Waals surface area contributed by atoms with E-state index in [0.29, 0.717) is 5.06 Å². The van der Waals surface area contributed by atoms with Gasteiger partial charge in [0.1, 0.15) is 12.1 Å². The number of rotatable bonds is 3. The van der Waals surface area contributed by atoms with E-state index in [1.54, 1.807) is 12.1 Å². The molecule has 0 radical (unpaired) electrons. The number of carbonyl (C=O) groups excluding carboxylic acids is 3. The highest BCUT2D eigenvalue weighted by atomic mass is 19.1. The van der Waals surface area contributed by atoms with Crippen molar-refractivity contribution in [2.24, 2.45) is 5.41 Å². The van der Waals surface area contributed by atoms with Gasteiger partial charge in [-0.15, -0.1) is 0 Å². The molecule has 1 aromatic carbocycles. The number of nitrogens with zero attached hydrogens (tertiary/aromatic N) is 1. The second-order valence-corrected chi connectivity index (χ2v) is 5.36. The summed E-state index contributed by atoms with van der Waals surface area (Å²) in [5.74, 6) is -2.34. The molecule has 0 bridgehead atoms. The minimum Gasteiger partial charge on any atom is -0.381 e. The summed E-state index contributed by atoms with van der Waals surface area (Å²) in [6, 6.07) is 6.17. The van der Waals surface area contributed by atoms with Crippen molar-refractivity contribution in [1.82, 2.24) is 5.06 Å². The van der Waals surface area contributed by atoms with Crippen molar-refractivity contribution in [2.75, 3.05) is 19.9 Å². The van der Waals surface area contributed by atoms with E-state index in [1.807, 2.05) is 0 Å². The fourth-order valence-electron chi connectivity index (χ4n) is 2.58. The van der Waals surface area contributed by atoms with Crippen LogP contribution in [-0.4, -0.2) is 42.7 Å². The maximum atomic E-state index is 13.4. The topological polar surface area (TPSA) is 72.9 Å². The van der Waals surface area contributed by atoms with Crippen molar-refractivity contribution in [3.63, 3.8) is 0 Å². The molecule has 2 heterocycles. The summed E-state index contributed by atoms with van der Waals surface area (Å²) in [6.07, 6.45) is 0.316. The first-order valence-electron chi connectivity index (χ1n) is 6.93. The Morgan fingerprint density at radius 1 is 1.18 bits per heavy atom. The van der Waals surface area contributed by atoms with Crippen molar-refractivity contribution < 1.29 is 28.3 Å². The van der Waals surface area contributed by atoms with Crippen LogP contribution >= 0.6 is 0 Å². The highest BCUT2D eigenvalue weighted by molar-refractivity contribution is 6.20. The van der Waals surface area contributed by atoms with Crippen LogP contribution in [0.3, 0.4) is 0 Å². The summed E-state index contributed by atoms with van der Waals surface area (Å²) in [6.45, 7) is -0.444. The van der Waals surface area contributed by atoms with Gasteiger partial charge in [-0.1, -0.05) is 17.2 Å². The summed E-state index contributed by atoms with van der Waals surface area (Å²) >= 11 is 0. The molecular weight excluding hydrogens is 293 g/mol. The van der Waals surface area contributed by atoms with Gasteiger partial charge in [0.05, 0.1) is 11.1 Å². The number of amides is 2. The van der Waals surface area contributed by atoms with Gasteiger partial charge in [-0.25, -0.2) is 9.18 Å². The summed E-state index contributed by atoms with van der Waals surface area (Å²) in [7, 11) is 0. The second kappa shape index (κ2) is 5.49. The number of benzene rings is 1. The Kier molecular flexibility index (Phi) is 3.66. The van der Waals surface area contributed by atoms with Crippen LogP contribution in [0.5, 0.6) is 0 Å². The Balaban J connectivity index is 1.81. The third kappa shape index (κ3) is 2.18. The number of hydrogen-bond acceptors (Lipinski definition) is 5. The molecule has 0 atom stereocenters. The van der Waals surface area contributed by atoms with Crippen LogP contribution in [0.4, 0.5) is 4.39 Å². The first-order valence-corrected chi connectivity index (χ1v) is 6.93. The molecule has 0 N–H and O–H groups in total. The largest absolute Gasteiger partial charge is 0.381 e. The van der Waals surface area contributed by atoms with E-state index in [-0.39, 0.29) is 37.2 Å². The van der Waals surface area contributed by atoms with E-state index < -0.39 is 29.9 Å². The van der Waals surface area contributed by atoms with Gasteiger partial charge in [0, 0.05) is 13.2 Å². The lowest BCUT2D eigenvalue weighted by Crippen LogP contribution is -2.44. The molecule has 2 amide bonds. The summed E-state index contributed by atoms with van der Waals surface area (Å²) in [4.78, 5) is 41.5. The molecule has 0 aromatic heterocycles. The molecule has 1 saturated heterocycles. The molecular formula is C15H14FNO5. The predicted octanol–water partition coefficient (Wildman–Crippen LogP) is 1.51. The van der Waals surface area contributed by atoms with Gasteiger partial charge in [-0.3, -0.25) is 9.59 Å². The zero-order valence-electron chi connectivity index (χ0n) is 11.7. The molecule has 0 spiro atoms. The van der Waals surface area contributed by atoms with E-state index in [4.69, 9.17) is 9.57 Å². The molecule has 6 nitrogen and oxygen atoms in total. The van der Waals surface area contributed by atoms with E-state index in [9.17, 15) is 18.8 Å². The SMILES string of the molecule is O=C1c2ccccc2C(=O)N1OC(=O)C1(CF)CCOCC1. The molecule has 7 heteroatoms. The summed E-state index contributed by atoms with van der Waals surface area (Å²) in [5.41, 5.74) is -1.02. The molecule has 3 rings (SSSR count). The molecule has 1 fully saturated rings. The van der Waals surface area contributed by atoms with Gasteiger partial charge in [-0.2, -0.15) is 0 Å². The number of carbonyl (C=O) groups is 3. The second-order valence-electron chi connectivity index (χ2n) is 5.36. The first-order chi connectivity index (χ1) is 10.6. The molecule has 116 valence electrons. The third-order valence-corrected chi connectivity index (χ3v) is 4.07. The fraction of sp³-hybridized carbons (Fsp3) is 0.400. The van der Waals surface area contributed by atoms with Gasteiger partial charge >= 0.3 is 5.97 Å². The molecule has 22 heavy (non-hydrogen) atoms. The number of hydrogen-bond donors (Lipinski definition) is 0.